The SMILES string of the molecule is COc1ccc(F)cc1C(=O)N1CC[C@@H](c2ncc(C)[nH]2)C1. The Morgan fingerprint density at radius 2 is 2.32 bits per heavy atom. The second-order valence-corrected chi connectivity index (χ2v) is 5.53. The van der Waals surface area contributed by atoms with Crippen LogP contribution in [0.3, 0.4) is 0 Å². The van der Waals surface area contributed by atoms with Crippen molar-refractivity contribution in [2.24, 2.45) is 0 Å². The Labute approximate surface area is 128 Å². The maximum atomic E-state index is 13.4. The monoisotopic (exact) mass is 303 g/mol. The zero-order valence-corrected chi connectivity index (χ0v) is 12.6. The molecule has 116 valence electrons. The van der Waals surface area contributed by atoms with Crippen molar-refractivity contribution in [1.29, 1.82) is 0 Å². The van der Waals surface area contributed by atoms with Crippen LogP contribution < -0.4 is 4.74 Å². The van der Waals surface area contributed by atoms with E-state index in [1.807, 2.05) is 6.92 Å². The van der Waals surface area contributed by atoms with Crippen LogP contribution in [0.5, 0.6) is 5.75 Å². The molecule has 0 aliphatic carbocycles. The molecule has 0 saturated carbocycles. The number of aryl methyl sites for hydroxylation is 1. The molecule has 3 rings (SSSR count). The number of nitrogens with zero attached hydrogens (tertiary/aromatic N) is 2. The standard InChI is InChI=1S/C16H18FN3O2/c1-10-8-18-15(19-10)11-5-6-20(9-11)16(21)13-7-12(17)3-4-14(13)22-2/h3-4,7-8,11H,5-6,9H2,1-2H3,(H,18,19)/t11-/m1/s1. The molecular weight excluding hydrogens is 285 g/mol. The number of carbonyl (C=O) groups excluding carboxylic acids is 1. The Morgan fingerprint density at radius 3 is 3.00 bits per heavy atom. The Hall–Kier alpha value is -2.37. The van der Waals surface area contributed by atoms with Crippen molar-refractivity contribution in [3.63, 3.8) is 0 Å². The predicted molar refractivity (Wildman–Crippen MR) is 79.5 cm³/mol. The van der Waals surface area contributed by atoms with Crippen molar-refractivity contribution in [1.82, 2.24) is 14.9 Å². The van der Waals surface area contributed by atoms with Gasteiger partial charge in [-0.25, -0.2) is 9.37 Å². The van der Waals surface area contributed by atoms with Crippen molar-refractivity contribution in [2.75, 3.05) is 20.2 Å². The largest absolute Gasteiger partial charge is 0.496 e. The minimum atomic E-state index is -0.443. The first-order valence-corrected chi connectivity index (χ1v) is 7.23. The van der Waals surface area contributed by atoms with Crippen molar-refractivity contribution in [3.05, 3.63) is 47.3 Å². The Balaban J connectivity index is 1.78. The van der Waals surface area contributed by atoms with E-state index >= 15 is 0 Å². The molecule has 1 aliphatic rings. The summed E-state index contributed by atoms with van der Waals surface area (Å²) >= 11 is 0. The van der Waals surface area contributed by atoms with Crippen LogP contribution in [-0.4, -0.2) is 41.0 Å². The minimum absolute atomic E-state index is 0.192. The number of rotatable bonds is 3. The van der Waals surface area contributed by atoms with Gasteiger partial charge < -0.3 is 14.6 Å². The van der Waals surface area contributed by atoms with Crippen LogP contribution in [0.25, 0.3) is 0 Å². The summed E-state index contributed by atoms with van der Waals surface area (Å²) in [5.41, 5.74) is 1.27. The molecule has 0 bridgehead atoms. The summed E-state index contributed by atoms with van der Waals surface area (Å²) in [4.78, 5) is 21.9. The molecule has 5 nitrogen and oxygen atoms in total. The van der Waals surface area contributed by atoms with Crippen molar-refractivity contribution in [2.45, 2.75) is 19.3 Å². The Morgan fingerprint density at radius 1 is 1.50 bits per heavy atom. The molecule has 1 aromatic carbocycles. The van der Waals surface area contributed by atoms with E-state index in [4.69, 9.17) is 4.74 Å². The van der Waals surface area contributed by atoms with Crippen LogP contribution in [0.2, 0.25) is 0 Å². The number of nitrogens with one attached hydrogen (secondary N) is 1. The fourth-order valence-electron chi connectivity index (χ4n) is 2.83. The van der Waals surface area contributed by atoms with Gasteiger partial charge in [0.15, 0.2) is 0 Å². The van der Waals surface area contributed by atoms with Crippen LogP contribution in [0, 0.1) is 12.7 Å². The number of aromatic nitrogens is 2. The molecule has 0 spiro atoms. The maximum absolute atomic E-state index is 13.4. The lowest BCUT2D eigenvalue weighted by molar-refractivity contribution is 0.0786. The van der Waals surface area contributed by atoms with E-state index in [2.05, 4.69) is 9.97 Å². The van der Waals surface area contributed by atoms with Crippen LogP contribution in [0.1, 0.15) is 34.2 Å². The summed E-state index contributed by atoms with van der Waals surface area (Å²) in [7, 11) is 1.47. The highest BCUT2D eigenvalue weighted by Crippen LogP contribution is 2.28. The third kappa shape index (κ3) is 2.68. The molecule has 1 fully saturated rings. The summed E-state index contributed by atoms with van der Waals surface area (Å²) in [6, 6.07) is 3.99. The molecule has 2 heterocycles. The third-order valence-corrected chi connectivity index (χ3v) is 3.98. The maximum Gasteiger partial charge on any atom is 0.257 e. The number of carbonyl (C=O) groups is 1. The van der Waals surface area contributed by atoms with Gasteiger partial charge in [0.25, 0.3) is 5.91 Å². The van der Waals surface area contributed by atoms with Gasteiger partial charge in [0.05, 0.1) is 12.7 Å². The molecule has 1 amide bonds. The lowest BCUT2D eigenvalue weighted by Gasteiger charge is -2.18. The zero-order valence-electron chi connectivity index (χ0n) is 12.6. The first-order chi connectivity index (χ1) is 10.6. The average Bonchev–Trinajstić information content (AvgIpc) is 3.15. The molecule has 1 N–H and O–H groups in total. The molecule has 1 aromatic heterocycles. The quantitative estimate of drug-likeness (QED) is 0.947. The van der Waals surface area contributed by atoms with Gasteiger partial charge in [0.1, 0.15) is 17.4 Å². The lowest BCUT2D eigenvalue weighted by atomic mass is 10.1. The summed E-state index contributed by atoms with van der Waals surface area (Å²) in [6.45, 7) is 3.15. The molecule has 0 radical (unpaired) electrons. The van der Waals surface area contributed by atoms with Crippen LogP contribution in [0.4, 0.5) is 4.39 Å². The summed E-state index contributed by atoms with van der Waals surface area (Å²) in [5.74, 6) is 0.837. The predicted octanol–water partition coefficient (Wildman–Crippen LogP) is 2.50. The number of ether oxygens (including phenoxy) is 1. The summed E-state index contributed by atoms with van der Waals surface area (Å²) < 4.78 is 18.6. The molecule has 1 atom stereocenters. The number of methoxy groups -OCH3 is 1. The number of imidazole rings is 1. The van der Waals surface area contributed by atoms with E-state index in [-0.39, 0.29) is 17.4 Å². The smallest absolute Gasteiger partial charge is 0.257 e. The van der Waals surface area contributed by atoms with Crippen molar-refractivity contribution in [3.8, 4) is 5.75 Å². The summed E-state index contributed by atoms with van der Waals surface area (Å²) in [6.07, 6.45) is 2.63. The van der Waals surface area contributed by atoms with Gasteiger partial charge in [-0.3, -0.25) is 4.79 Å². The number of H-pyrrole nitrogens is 1. The summed E-state index contributed by atoms with van der Waals surface area (Å²) in [5, 5.41) is 0. The number of hydrogen-bond acceptors (Lipinski definition) is 3. The van der Waals surface area contributed by atoms with Gasteiger partial charge in [0, 0.05) is 30.9 Å². The minimum Gasteiger partial charge on any atom is -0.496 e. The topological polar surface area (TPSA) is 58.2 Å². The van der Waals surface area contributed by atoms with Crippen LogP contribution >= 0.6 is 0 Å². The normalized spacial score (nSPS) is 17.8. The van der Waals surface area contributed by atoms with Crippen LogP contribution in [-0.2, 0) is 0 Å². The number of amides is 1. The third-order valence-electron chi connectivity index (χ3n) is 3.98. The lowest BCUT2D eigenvalue weighted by Crippen LogP contribution is -2.29. The van der Waals surface area contributed by atoms with Crippen LogP contribution in [0.15, 0.2) is 24.4 Å². The van der Waals surface area contributed by atoms with Crippen molar-refractivity contribution >= 4 is 5.91 Å². The highest BCUT2D eigenvalue weighted by atomic mass is 19.1. The average molecular weight is 303 g/mol. The van der Waals surface area contributed by atoms with E-state index in [0.29, 0.717) is 18.8 Å². The molecule has 1 saturated heterocycles. The Bertz CT molecular complexity index is 698. The first-order valence-electron chi connectivity index (χ1n) is 7.23. The molecule has 0 unspecified atom stereocenters. The van der Waals surface area contributed by atoms with E-state index in [1.165, 1.54) is 25.3 Å². The van der Waals surface area contributed by atoms with E-state index in [1.54, 1.807) is 11.1 Å². The van der Waals surface area contributed by atoms with Gasteiger partial charge >= 0.3 is 0 Å². The van der Waals surface area contributed by atoms with Gasteiger partial charge in [0.2, 0.25) is 0 Å². The molecular formula is C16H18FN3O2. The number of aromatic amines is 1. The van der Waals surface area contributed by atoms with Gasteiger partial charge in [-0.1, -0.05) is 0 Å². The van der Waals surface area contributed by atoms with E-state index in [9.17, 15) is 9.18 Å². The second-order valence-electron chi connectivity index (χ2n) is 5.53. The highest BCUT2D eigenvalue weighted by molar-refractivity contribution is 5.97. The number of halogens is 1. The molecule has 22 heavy (non-hydrogen) atoms. The van der Waals surface area contributed by atoms with Gasteiger partial charge in [-0.15, -0.1) is 0 Å². The first kappa shape index (κ1) is 14.6. The fraction of sp³-hybridized carbons (Fsp3) is 0.375. The molecule has 2 aromatic rings. The van der Waals surface area contributed by atoms with E-state index < -0.39 is 5.82 Å². The number of benzene rings is 1. The van der Waals surface area contributed by atoms with Gasteiger partial charge in [-0.05, 0) is 31.5 Å². The fourth-order valence-corrected chi connectivity index (χ4v) is 2.83. The van der Waals surface area contributed by atoms with Gasteiger partial charge in [-0.2, -0.15) is 0 Å². The van der Waals surface area contributed by atoms with E-state index in [0.717, 1.165) is 17.9 Å². The van der Waals surface area contributed by atoms with Crippen molar-refractivity contribution < 1.29 is 13.9 Å². The number of likely N-dealkylation sites (tertiary alicyclic amines) is 1. The number of hydrogen-bond donors (Lipinski definition) is 1. The second kappa shape index (κ2) is 5.79. The molecule has 1 aliphatic heterocycles. The Kier molecular flexibility index (Phi) is 3.83. The zero-order chi connectivity index (χ0) is 15.7. The molecule has 6 heteroatoms. The highest BCUT2D eigenvalue weighted by Gasteiger charge is 2.30.